The van der Waals surface area contributed by atoms with E-state index in [1.165, 1.54) is 0 Å². The zero-order valence-corrected chi connectivity index (χ0v) is 13.2. The Kier molecular flexibility index (Phi) is 4.04. The van der Waals surface area contributed by atoms with Crippen molar-refractivity contribution < 1.29 is 9.84 Å². The average molecular weight is 302 g/mol. The van der Waals surface area contributed by atoms with E-state index < -0.39 is 6.10 Å². The maximum Gasteiger partial charge on any atom is 0.189 e. The lowest BCUT2D eigenvalue weighted by Gasteiger charge is -2.25. The topological polar surface area (TPSA) is 65.6 Å². The highest BCUT2D eigenvalue weighted by molar-refractivity contribution is 5.82. The first-order valence-corrected chi connectivity index (χ1v) is 7.55. The van der Waals surface area contributed by atoms with Gasteiger partial charge < -0.3 is 14.8 Å². The van der Waals surface area contributed by atoms with E-state index in [0.29, 0.717) is 19.8 Å². The molecule has 1 fully saturated rings. The van der Waals surface area contributed by atoms with Crippen LogP contribution in [-0.2, 0) is 11.3 Å². The molecule has 1 aromatic carbocycles. The Labute approximate surface area is 129 Å². The second-order valence-corrected chi connectivity index (χ2v) is 6.25. The lowest BCUT2D eigenvalue weighted by molar-refractivity contribution is 0.0920. The number of aryl methyl sites for hydroxylation is 2. The molecule has 3 rings (SSSR count). The molecule has 5 heteroatoms. The summed E-state index contributed by atoms with van der Waals surface area (Å²) in [5.74, 6) is 0. The molecule has 0 bridgehead atoms. The monoisotopic (exact) mass is 302 g/mol. The Balaban J connectivity index is 1.93. The van der Waals surface area contributed by atoms with E-state index in [-0.39, 0.29) is 11.5 Å². The number of aromatic nitrogens is 1. The molecule has 22 heavy (non-hydrogen) atoms. The summed E-state index contributed by atoms with van der Waals surface area (Å²) in [6, 6.07) is 5.61. The summed E-state index contributed by atoms with van der Waals surface area (Å²) in [4.78, 5) is 17.8. The molecule has 2 aromatic rings. The predicted octanol–water partition coefficient (Wildman–Crippen LogP) is 1.34. The third-order valence-corrected chi connectivity index (χ3v) is 4.34. The third kappa shape index (κ3) is 2.79. The van der Waals surface area contributed by atoms with Crippen molar-refractivity contribution in [3.8, 4) is 0 Å². The summed E-state index contributed by atoms with van der Waals surface area (Å²) in [7, 11) is 1.94. The van der Waals surface area contributed by atoms with E-state index in [0.717, 1.165) is 27.7 Å². The van der Waals surface area contributed by atoms with E-state index in [4.69, 9.17) is 4.74 Å². The highest BCUT2D eigenvalue weighted by Gasteiger charge is 2.29. The number of aliphatic hydroxyl groups excluding tert-OH is 1. The van der Waals surface area contributed by atoms with Crippen LogP contribution in [0.4, 0.5) is 0 Å². The van der Waals surface area contributed by atoms with Crippen LogP contribution in [0.2, 0.25) is 0 Å². The normalized spacial score (nSPS) is 21.9. The summed E-state index contributed by atoms with van der Waals surface area (Å²) in [6.45, 7) is 5.47. The van der Waals surface area contributed by atoms with Crippen molar-refractivity contribution in [2.24, 2.45) is 0 Å². The molecule has 0 aliphatic carbocycles. The fourth-order valence-corrected chi connectivity index (χ4v) is 3.18. The van der Waals surface area contributed by atoms with E-state index in [1.807, 2.05) is 31.9 Å². The number of ether oxygens (including phenoxy) is 1. The first-order chi connectivity index (χ1) is 10.5. The molecule has 2 heterocycles. The molecule has 0 amide bonds. The van der Waals surface area contributed by atoms with Gasteiger partial charge in [-0.1, -0.05) is 6.07 Å². The Morgan fingerprint density at radius 2 is 2.09 bits per heavy atom. The standard InChI is InChI=1S/C17H22N2O3/c1-10-4-11(2)17-13(5-10)15(20)6-12(18-17)7-19(3)14-8-22-9-16(14)21/h4-6,14,16,21H,7-9H2,1-3H3,(H,18,20)/t14-,16-/m0/s1. The van der Waals surface area contributed by atoms with Crippen molar-refractivity contribution in [2.75, 3.05) is 20.3 Å². The highest BCUT2D eigenvalue weighted by Crippen LogP contribution is 2.18. The van der Waals surface area contributed by atoms with Crippen LogP contribution in [0.1, 0.15) is 16.8 Å². The number of rotatable bonds is 3. The van der Waals surface area contributed by atoms with Crippen molar-refractivity contribution in [1.29, 1.82) is 0 Å². The molecule has 1 aliphatic heterocycles. The quantitative estimate of drug-likeness (QED) is 0.898. The van der Waals surface area contributed by atoms with Gasteiger partial charge >= 0.3 is 0 Å². The number of pyridine rings is 1. The van der Waals surface area contributed by atoms with Gasteiger partial charge in [0.05, 0.1) is 30.9 Å². The first-order valence-electron chi connectivity index (χ1n) is 7.55. The molecular formula is C17H22N2O3. The van der Waals surface area contributed by atoms with Crippen molar-refractivity contribution in [3.05, 3.63) is 45.2 Å². The Hall–Kier alpha value is -1.69. The summed E-state index contributed by atoms with van der Waals surface area (Å²) < 4.78 is 5.29. The van der Waals surface area contributed by atoms with Gasteiger partial charge in [0, 0.05) is 23.7 Å². The molecule has 118 valence electrons. The van der Waals surface area contributed by atoms with Crippen LogP contribution >= 0.6 is 0 Å². The number of hydrogen-bond acceptors (Lipinski definition) is 4. The fraction of sp³-hybridized carbons (Fsp3) is 0.471. The third-order valence-electron chi connectivity index (χ3n) is 4.34. The van der Waals surface area contributed by atoms with Crippen LogP contribution in [0.25, 0.3) is 10.9 Å². The van der Waals surface area contributed by atoms with Crippen LogP contribution in [0.15, 0.2) is 23.0 Å². The van der Waals surface area contributed by atoms with Gasteiger partial charge in [0.1, 0.15) is 0 Å². The number of fused-ring (bicyclic) bond motifs is 1. The van der Waals surface area contributed by atoms with Gasteiger partial charge in [-0.05, 0) is 38.1 Å². The van der Waals surface area contributed by atoms with Crippen molar-refractivity contribution in [3.63, 3.8) is 0 Å². The summed E-state index contributed by atoms with van der Waals surface area (Å²) in [6.07, 6.45) is -0.471. The second-order valence-electron chi connectivity index (χ2n) is 6.25. The number of H-pyrrole nitrogens is 1. The molecule has 0 saturated carbocycles. The van der Waals surface area contributed by atoms with Crippen molar-refractivity contribution >= 4 is 10.9 Å². The smallest absolute Gasteiger partial charge is 0.189 e. The van der Waals surface area contributed by atoms with Gasteiger partial charge in [-0.3, -0.25) is 9.69 Å². The zero-order valence-electron chi connectivity index (χ0n) is 13.2. The molecule has 0 spiro atoms. The minimum absolute atomic E-state index is 0.0293. The van der Waals surface area contributed by atoms with Crippen molar-refractivity contribution in [1.82, 2.24) is 9.88 Å². The summed E-state index contributed by atoms with van der Waals surface area (Å²) in [5.41, 5.74) is 3.94. The largest absolute Gasteiger partial charge is 0.389 e. The van der Waals surface area contributed by atoms with Crippen LogP contribution < -0.4 is 5.43 Å². The first kappa shape index (κ1) is 15.2. The van der Waals surface area contributed by atoms with Crippen LogP contribution in [0.5, 0.6) is 0 Å². The van der Waals surface area contributed by atoms with Crippen molar-refractivity contribution in [2.45, 2.75) is 32.5 Å². The molecule has 1 saturated heterocycles. The lowest BCUT2D eigenvalue weighted by atomic mass is 10.1. The lowest BCUT2D eigenvalue weighted by Crippen LogP contribution is -2.40. The Morgan fingerprint density at radius 3 is 2.77 bits per heavy atom. The number of benzene rings is 1. The van der Waals surface area contributed by atoms with Crippen LogP contribution in [0.3, 0.4) is 0 Å². The molecule has 0 radical (unpaired) electrons. The van der Waals surface area contributed by atoms with Gasteiger partial charge in [0.25, 0.3) is 0 Å². The summed E-state index contributed by atoms with van der Waals surface area (Å²) in [5, 5.41) is 10.6. The molecule has 2 N–H and O–H groups in total. The van der Waals surface area contributed by atoms with Gasteiger partial charge in [0.15, 0.2) is 5.43 Å². The molecule has 1 aliphatic rings. The molecule has 1 aromatic heterocycles. The number of hydrogen-bond donors (Lipinski definition) is 2. The molecule has 0 unspecified atom stereocenters. The fourth-order valence-electron chi connectivity index (χ4n) is 3.18. The van der Waals surface area contributed by atoms with Crippen LogP contribution in [-0.4, -0.2) is 47.4 Å². The number of nitrogens with zero attached hydrogens (tertiary/aromatic N) is 1. The van der Waals surface area contributed by atoms with Gasteiger partial charge in [-0.25, -0.2) is 0 Å². The molecule has 5 nitrogen and oxygen atoms in total. The number of likely N-dealkylation sites (N-methyl/N-ethyl adjacent to an activating group) is 1. The highest BCUT2D eigenvalue weighted by atomic mass is 16.5. The zero-order chi connectivity index (χ0) is 15.9. The Bertz CT molecular complexity index is 753. The van der Waals surface area contributed by atoms with Gasteiger partial charge in [-0.15, -0.1) is 0 Å². The van der Waals surface area contributed by atoms with E-state index in [2.05, 4.69) is 11.1 Å². The summed E-state index contributed by atoms with van der Waals surface area (Å²) >= 11 is 0. The maximum atomic E-state index is 12.4. The van der Waals surface area contributed by atoms with E-state index >= 15 is 0 Å². The van der Waals surface area contributed by atoms with Crippen LogP contribution in [0, 0.1) is 13.8 Å². The molecule has 2 atom stereocenters. The maximum absolute atomic E-state index is 12.4. The predicted molar refractivity (Wildman–Crippen MR) is 86.1 cm³/mol. The Morgan fingerprint density at radius 1 is 1.32 bits per heavy atom. The number of aliphatic hydroxyl groups is 1. The van der Waals surface area contributed by atoms with Gasteiger partial charge in [0.2, 0.25) is 0 Å². The SMILES string of the molecule is Cc1cc(C)c2[nH]c(CN(C)[C@H]3COC[C@@H]3O)cc(=O)c2c1. The number of nitrogens with one attached hydrogen (secondary N) is 1. The minimum atomic E-state index is -0.471. The second kappa shape index (κ2) is 5.83. The molecular weight excluding hydrogens is 280 g/mol. The number of aromatic amines is 1. The minimum Gasteiger partial charge on any atom is -0.389 e. The van der Waals surface area contributed by atoms with Gasteiger partial charge in [-0.2, -0.15) is 0 Å². The average Bonchev–Trinajstić information content (AvgIpc) is 2.86. The van der Waals surface area contributed by atoms with E-state index in [9.17, 15) is 9.90 Å². The van der Waals surface area contributed by atoms with E-state index in [1.54, 1.807) is 6.07 Å².